The molecule has 1 unspecified atom stereocenters. The molecule has 0 aliphatic heterocycles. The van der Waals surface area contributed by atoms with Crippen LogP contribution in [-0.2, 0) is 15.8 Å². The third-order valence-electron chi connectivity index (χ3n) is 4.34. The summed E-state index contributed by atoms with van der Waals surface area (Å²) in [5, 5.41) is 9.18. The van der Waals surface area contributed by atoms with Gasteiger partial charge in [0.1, 0.15) is 11.8 Å². The number of nitrogens with zero attached hydrogens (tertiary/aromatic N) is 2. The number of amides is 2. The number of rotatable bonds is 5. The number of halogens is 3. The van der Waals surface area contributed by atoms with E-state index in [9.17, 15) is 22.8 Å². The lowest BCUT2D eigenvalue weighted by molar-refractivity contribution is -0.137. The fourth-order valence-corrected chi connectivity index (χ4v) is 2.95. The Kier molecular flexibility index (Phi) is 5.95. The molecule has 10 heteroatoms. The van der Waals surface area contributed by atoms with Gasteiger partial charge >= 0.3 is 18.0 Å². The molecular weight excluding hydrogens is 401 g/mol. The zero-order valence-corrected chi connectivity index (χ0v) is 16.2. The fraction of sp³-hybridized carbons (Fsp3) is 0.250. The summed E-state index contributed by atoms with van der Waals surface area (Å²) in [7, 11) is 0. The van der Waals surface area contributed by atoms with Crippen LogP contribution in [0.4, 0.5) is 18.9 Å². The minimum Gasteiger partial charge on any atom is -0.467 e. The smallest absolute Gasteiger partial charge is 0.416 e. The Hall–Kier alpha value is -3.56. The monoisotopic (exact) mass is 420 g/mol. The summed E-state index contributed by atoms with van der Waals surface area (Å²) in [6.45, 7) is 3.71. The lowest BCUT2D eigenvalue weighted by atomic mass is 10.2. The van der Waals surface area contributed by atoms with Gasteiger partial charge in [-0.3, -0.25) is 14.3 Å². The number of aromatic nitrogens is 2. The summed E-state index contributed by atoms with van der Waals surface area (Å²) in [4.78, 5) is 24.3. The van der Waals surface area contributed by atoms with Crippen molar-refractivity contribution < 1.29 is 27.2 Å². The van der Waals surface area contributed by atoms with Crippen molar-refractivity contribution in [1.29, 1.82) is 0 Å². The highest BCUT2D eigenvalue weighted by Crippen LogP contribution is 2.29. The van der Waals surface area contributed by atoms with Gasteiger partial charge in [-0.05, 0) is 56.3 Å². The number of benzene rings is 1. The van der Waals surface area contributed by atoms with E-state index in [-0.39, 0.29) is 12.2 Å². The van der Waals surface area contributed by atoms with E-state index >= 15 is 0 Å². The van der Waals surface area contributed by atoms with Crippen LogP contribution < -0.4 is 10.6 Å². The van der Waals surface area contributed by atoms with Crippen molar-refractivity contribution in [3.63, 3.8) is 0 Å². The fourth-order valence-electron chi connectivity index (χ4n) is 2.95. The Balaban J connectivity index is 1.65. The van der Waals surface area contributed by atoms with E-state index in [0.29, 0.717) is 5.76 Å². The minimum absolute atomic E-state index is 0.0226. The summed E-state index contributed by atoms with van der Waals surface area (Å²) in [5.41, 5.74) is 0.855. The van der Waals surface area contributed by atoms with Crippen LogP contribution in [0.1, 0.15) is 28.8 Å². The van der Waals surface area contributed by atoms with Gasteiger partial charge in [0.25, 0.3) is 0 Å². The van der Waals surface area contributed by atoms with Gasteiger partial charge < -0.3 is 15.1 Å². The molecule has 7 nitrogen and oxygen atoms in total. The van der Waals surface area contributed by atoms with Crippen LogP contribution in [-0.4, -0.2) is 28.1 Å². The molecular formula is C20H19F3N4O3. The number of hydrogen-bond donors (Lipinski definition) is 2. The van der Waals surface area contributed by atoms with E-state index in [4.69, 9.17) is 4.42 Å². The van der Waals surface area contributed by atoms with Crippen LogP contribution in [0.25, 0.3) is 0 Å². The van der Waals surface area contributed by atoms with Crippen molar-refractivity contribution in [2.75, 3.05) is 11.9 Å². The Morgan fingerprint density at radius 3 is 2.37 bits per heavy atom. The molecule has 30 heavy (non-hydrogen) atoms. The SMILES string of the molecule is Cc1cc(C)n(C(CNC(=O)C(=O)Nc2ccc(C(F)(F)F)cc2)c2ccco2)n1. The quantitative estimate of drug-likeness (QED) is 0.619. The van der Waals surface area contributed by atoms with Gasteiger partial charge in [0.2, 0.25) is 0 Å². The number of hydrogen-bond acceptors (Lipinski definition) is 4. The number of anilines is 1. The van der Waals surface area contributed by atoms with E-state index in [1.807, 2.05) is 19.9 Å². The van der Waals surface area contributed by atoms with Crippen molar-refractivity contribution >= 4 is 17.5 Å². The van der Waals surface area contributed by atoms with Crippen LogP contribution in [0.15, 0.2) is 53.1 Å². The van der Waals surface area contributed by atoms with Crippen LogP contribution in [0.2, 0.25) is 0 Å². The summed E-state index contributed by atoms with van der Waals surface area (Å²) in [5.74, 6) is -1.39. The van der Waals surface area contributed by atoms with Crippen molar-refractivity contribution in [3.05, 3.63) is 71.4 Å². The Labute approximate surface area is 169 Å². The van der Waals surface area contributed by atoms with E-state index in [0.717, 1.165) is 35.7 Å². The maximum Gasteiger partial charge on any atom is 0.416 e. The number of aryl methyl sites for hydroxylation is 2. The first kappa shape index (κ1) is 21.2. The topological polar surface area (TPSA) is 89.2 Å². The van der Waals surface area contributed by atoms with Crippen LogP contribution in [0.5, 0.6) is 0 Å². The van der Waals surface area contributed by atoms with Crippen LogP contribution in [0, 0.1) is 13.8 Å². The third kappa shape index (κ3) is 4.88. The zero-order valence-electron chi connectivity index (χ0n) is 16.2. The summed E-state index contributed by atoms with van der Waals surface area (Å²) >= 11 is 0. The largest absolute Gasteiger partial charge is 0.467 e. The second kappa shape index (κ2) is 8.44. The molecule has 0 aliphatic carbocycles. The van der Waals surface area contributed by atoms with Gasteiger partial charge in [-0.1, -0.05) is 0 Å². The Morgan fingerprint density at radius 1 is 1.13 bits per heavy atom. The van der Waals surface area contributed by atoms with Crippen LogP contribution >= 0.6 is 0 Å². The van der Waals surface area contributed by atoms with E-state index in [1.165, 1.54) is 6.26 Å². The van der Waals surface area contributed by atoms with E-state index in [2.05, 4.69) is 15.7 Å². The molecule has 0 aliphatic rings. The number of alkyl halides is 3. The van der Waals surface area contributed by atoms with Crippen molar-refractivity contribution in [1.82, 2.24) is 15.1 Å². The first-order chi connectivity index (χ1) is 14.1. The molecule has 0 spiro atoms. The third-order valence-corrected chi connectivity index (χ3v) is 4.34. The van der Waals surface area contributed by atoms with Crippen LogP contribution in [0.3, 0.4) is 0 Å². The lowest BCUT2D eigenvalue weighted by Gasteiger charge is -2.18. The van der Waals surface area contributed by atoms with Crippen molar-refractivity contribution in [3.8, 4) is 0 Å². The van der Waals surface area contributed by atoms with Crippen molar-refractivity contribution in [2.24, 2.45) is 0 Å². The summed E-state index contributed by atoms with van der Waals surface area (Å²) in [6, 6.07) is 8.63. The molecule has 0 bridgehead atoms. The first-order valence-corrected chi connectivity index (χ1v) is 8.97. The minimum atomic E-state index is -4.48. The van der Waals surface area contributed by atoms with E-state index < -0.39 is 29.6 Å². The molecule has 0 fully saturated rings. The molecule has 0 saturated heterocycles. The summed E-state index contributed by atoms with van der Waals surface area (Å²) in [6.07, 6.45) is -2.99. The predicted octanol–water partition coefficient (Wildman–Crippen LogP) is 3.46. The summed E-state index contributed by atoms with van der Waals surface area (Å²) < 4.78 is 44.9. The molecule has 1 atom stereocenters. The Morgan fingerprint density at radius 2 is 1.83 bits per heavy atom. The Bertz CT molecular complexity index is 1020. The maximum atomic E-state index is 12.6. The molecule has 2 heterocycles. The highest BCUT2D eigenvalue weighted by Gasteiger charge is 2.30. The van der Waals surface area contributed by atoms with E-state index in [1.54, 1.807) is 16.8 Å². The average molecular weight is 420 g/mol. The van der Waals surface area contributed by atoms with Crippen molar-refractivity contribution in [2.45, 2.75) is 26.1 Å². The highest BCUT2D eigenvalue weighted by atomic mass is 19.4. The van der Waals surface area contributed by atoms with Gasteiger partial charge in [0, 0.05) is 17.9 Å². The first-order valence-electron chi connectivity index (χ1n) is 8.97. The zero-order chi connectivity index (χ0) is 21.9. The lowest BCUT2D eigenvalue weighted by Crippen LogP contribution is -2.39. The molecule has 0 saturated carbocycles. The number of carbonyl (C=O) groups is 2. The molecule has 2 amide bonds. The molecule has 3 rings (SSSR count). The molecule has 158 valence electrons. The van der Waals surface area contributed by atoms with Gasteiger partial charge in [0.15, 0.2) is 0 Å². The normalized spacial score (nSPS) is 12.4. The standard InChI is InChI=1S/C20H19F3N4O3/c1-12-10-13(2)27(26-12)16(17-4-3-9-30-17)11-24-18(28)19(29)25-15-7-5-14(6-8-15)20(21,22)23/h3-10,16H,11H2,1-2H3,(H,24,28)(H,25,29). The second-order valence-electron chi connectivity index (χ2n) is 6.64. The molecule has 3 aromatic rings. The average Bonchev–Trinajstić information content (AvgIpc) is 3.31. The van der Waals surface area contributed by atoms with Gasteiger partial charge in [0.05, 0.1) is 17.5 Å². The number of furan rings is 1. The number of nitrogens with one attached hydrogen (secondary N) is 2. The molecule has 2 N–H and O–H groups in total. The van der Waals surface area contributed by atoms with Gasteiger partial charge in [-0.25, -0.2) is 0 Å². The maximum absolute atomic E-state index is 12.6. The van der Waals surface area contributed by atoms with Gasteiger partial charge in [-0.2, -0.15) is 18.3 Å². The number of carbonyl (C=O) groups excluding carboxylic acids is 2. The molecule has 1 aromatic carbocycles. The molecule has 2 aromatic heterocycles. The second-order valence-corrected chi connectivity index (χ2v) is 6.64. The predicted molar refractivity (Wildman–Crippen MR) is 102 cm³/mol. The van der Waals surface area contributed by atoms with Gasteiger partial charge in [-0.15, -0.1) is 0 Å². The highest BCUT2D eigenvalue weighted by molar-refractivity contribution is 6.39. The molecule has 0 radical (unpaired) electrons.